The number of ether oxygens (including phenoxy) is 2. The Morgan fingerprint density at radius 1 is 1.02 bits per heavy atom. The van der Waals surface area contributed by atoms with Crippen LogP contribution in [0, 0.1) is 20.8 Å². The molecule has 0 bridgehead atoms. The van der Waals surface area contributed by atoms with Crippen molar-refractivity contribution >= 4 is 27.2 Å². The smallest absolute Gasteiger partial charge is 0.266 e. The summed E-state index contributed by atoms with van der Waals surface area (Å²) in [5.74, 6) is -0.781. The number of benzene rings is 2. The second-order valence-corrected chi connectivity index (χ2v) is 12.1. The summed E-state index contributed by atoms with van der Waals surface area (Å²) < 4.78 is 38.1. The Morgan fingerprint density at radius 3 is 2.44 bits per heavy atom. The van der Waals surface area contributed by atoms with Gasteiger partial charge < -0.3 is 14.5 Å². The topological polar surface area (TPSA) is 115 Å². The van der Waals surface area contributed by atoms with E-state index in [0.29, 0.717) is 34.4 Å². The summed E-state index contributed by atoms with van der Waals surface area (Å²) in [5.41, 5.74) is 2.80. The number of Topliss-reactive ketones (excluding diaryl/α,β-unsaturated/α-hetero) is 1. The van der Waals surface area contributed by atoms with Gasteiger partial charge in [-0.05, 0) is 68.7 Å². The molecule has 0 spiro atoms. The van der Waals surface area contributed by atoms with Crippen LogP contribution in [0.5, 0.6) is 17.4 Å². The molecule has 214 valence electrons. The van der Waals surface area contributed by atoms with E-state index < -0.39 is 31.8 Å². The maximum Gasteiger partial charge on any atom is 0.266 e. The average molecular weight is 595 g/mol. The number of unbranched alkanes of at least 4 members (excludes halogenated alkanes) is 1. The number of carbonyl (C=O) groups is 1. The molecule has 2 heterocycles. The van der Waals surface area contributed by atoms with Crippen molar-refractivity contribution in [2.24, 2.45) is 0 Å². The summed E-state index contributed by atoms with van der Waals surface area (Å²) in [5, 5.41) is 0.356. The molecule has 0 saturated heterocycles. The van der Waals surface area contributed by atoms with Gasteiger partial charge >= 0.3 is 0 Å². The van der Waals surface area contributed by atoms with Crippen molar-refractivity contribution in [3.8, 4) is 28.6 Å². The van der Waals surface area contributed by atoms with Crippen molar-refractivity contribution in [1.82, 2.24) is 9.97 Å². The standard InChI is InChI=1S/C31H31ClN2O6S/c1-5-6-15-39-26-10-7-9-22(28(26)32)24-13-12-23(25(35)18-41(37,38)27-11-8-14-33-30(27)36)31(34-24)40-29-20(3)16-19(2)17-21(29)4/h7-14,16-17H,5-6,15,18H2,1-4H3,(H,33,36). The van der Waals surface area contributed by atoms with E-state index in [1.807, 2.05) is 32.9 Å². The first-order valence-electron chi connectivity index (χ1n) is 13.1. The molecular weight excluding hydrogens is 564 g/mol. The number of aryl methyl sites for hydroxylation is 3. The molecule has 4 rings (SSSR count). The third kappa shape index (κ3) is 6.86. The number of carbonyl (C=O) groups excluding carboxylic acids is 1. The number of hydrogen-bond donors (Lipinski definition) is 1. The minimum absolute atomic E-state index is 0.0458. The maximum atomic E-state index is 13.4. The van der Waals surface area contributed by atoms with Crippen LogP contribution in [-0.2, 0) is 9.84 Å². The molecule has 0 fully saturated rings. The largest absolute Gasteiger partial charge is 0.492 e. The molecule has 8 nitrogen and oxygen atoms in total. The zero-order valence-corrected chi connectivity index (χ0v) is 24.9. The van der Waals surface area contributed by atoms with Gasteiger partial charge in [-0.1, -0.05) is 54.8 Å². The first-order chi connectivity index (χ1) is 19.5. The van der Waals surface area contributed by atoms with E-state index in [1.54, 1.807) is 24.3 Å². The van der Waals surface area contributed by atoms with Gasteiger partial charge in [-0.3, -0.25) is 9.59 Å². The minimum atomic E-state index is -4.25. The Balaban J connectivity index is 1.79. The Kier molecular flexibility index (Phi) is 9.30. The van der Waals surface area contributed by atoms with Gasteiger partial charge in [0.1, 0.15) is 22.1 Å². The molecular formula is C31H31ClN2O6S. The molecule has 2 aromatic carbocycles. The van der Waals surface area contributed by atoms with Crippen molar-refractivity contribution in [2.45, 2.75) is 45.4 Å². The number of nitrogens with one attached hydrogen (secondary N) is 1. The zero-order chi connectivity index (χ0) is 29.7. The number of H-pyrrole nitrogens is 1. The van der Waals surface area contributed by atoms with Crippen LogP contribution in [0.15, 0.2) is 70.5 Å². The maximum absolute atomic E-state index is 13.4. The molecule has 0 atom stereocenters. The molecule has 0 unspecified atom stereocenters. The number of nitrogens with zero attached hydrogens (tertiary/aromatic N) is 1. The van der Waals surface area contributed by atoms with Crippen molar-refractivity contribution in [3.05, 3.63) is 98.4 Å². The average Bonchev–Trinajstić information content (AvgIpc) is 2.91. The molecule has 0 amide bonds. The van der Waals surface area contributed by atoms with E-state index in [4.69, 9.17) is 21.1 Å². The number of hydrogen-bond acceptors (Lipinski definition) is 7. The minimum Gasteiger partial charge on any atom is -0.492 e. The van der Waals surface area contributed by atoms with Crippen molar-refractivity contribution in [2.75, 3.05) is 12.4 Å². The quantitative estimate of drug-likeness (QED) is 0.153. The highest BCUT2D eigenvalue weighted by atomic mass is 35.5. The fourth-order valence-electron chi connectivity index (χ4n) is 4.43. The molecule has 0 radical (unpaired) electrons. The molecule has 10 heteroatoms. The zero-order valence-electron chi connectivity index (χ0n) is 23.3. The summed E-state index contributed by atoms with van der Waals surface area (Å²) in [6.07, 6.45) is 3.17. The SMILES string of the molecule is CCCCOc1cccc(-c2ccc(C(=O)CS(=O)(=O)c3ccc[nH]c3=O)c(Oc3c(C)cc(C)cc3C)n2)c1Cl. The fourth-order valence-corrected chi connectivity index (χ4v) is 5.99. The van der Waals surface area contributed by atoms with E-state index in [1.165, 1.54) is 18.3 Å². The molecule has 2 aromatic heterocycles. The van der Waals surface area contributed by atoms with Crippen LogP contribution in [0.2, 0.25) is 5.02 Å². The van der Waals surface area contributed by atoms with E-state index >= 15 is 0 Å². The van der Waals surface area contributed by atoms with Crippen LogP contribution in [0.1, 0.15) is 46.8 Å². The lowest BCUT2D eigenvalue weighted by Gasteiger charge is -2.16. The van der Waals surface area contributed by atoms with Gasteiger partial charge in [0, 0.05) is 11.8 Å². The number of halogens is 1. The van der Waals surface area contributed by atoms with Gasteiger partial charge in [0.2, 0.25) is 5.88 Å². The Morgan fingerprint density at radius 2 is 1.76 bits per heavy atom. The van der Waals surface area contributed by atoms with Gasteiger partial charge in [0.15, 0.2) is 15.6 Å². The van der Waals surface area contributed by atoms with Gasteiger partial charge in [-0.25, -0.2) is 13.4 Å². The van der Waals surface area contributed by atoms with Crippen LogP contribution in [0.4, 0.5) is 0 Å². The summed E-state index contributed by atoms with van der Waals surface area (Å²) in [6.45, 7) is 8.29. The highest BCUT2D eigenvalue weighted by Gasteiger charge is 2.27. The highest BCUT2D eigenvalue weighted by Crippen LogP contribution is 2.37. The molecule has 0 aliphatic rings. The summed E-state index contributed by atoms with van der Waals surface area (Å²) in [7, 11) is -4.25. The lowest BCUT2D eigenvalue weighted by Crippen LogP contribution is -2.23. The van der Waals surface area contributed by atoms with Crippen LogP contribution in [-0.4, -0.2) is 36.5 Å². The predicted octanol–water partition coefficient (Wildman–Crippen LogP) is 6.64. The first kappa shape index (κ1) is 30.0. The van der Waals surface area contributed by atoms with Crippen LogP contribution in [0.3, 0.4) is 0 Å². The molecule has 1 N–H and O–H groups in total. The molecule has 41 heavy (non-hydrogen) atoms. The third-order valence-corrected chi connectivity index (χ3v) is 8.42. The van der Waals surface area contributed by atoms with Crippen LogP contribution in [0.25, 0.3) is 11.3 Å². The van der Waals surface area contributed by atoms with Crippen molar-refractivity contribution in [3.63, 3.8) is 0 Å². The molecule has 0 aliphatic carbocycles. The molecule has 4 aromatic rings. The lowest BCUT2D eigenvalue weighted by atomic mass is 10.1. The van der Waals surface area contributed by atoms with E-state index in [-0.39, 0.29) is 11.4 Å². The van der Waals surface area contributed by atoms with Gasteiger partial charge in [-0.2, -0.15) is 0 Å². The second-order valence-electron chi connectivity index (χ2n) is 9.74. The van der Waals surface area contributed by atoms with E-state index in [9.17, 15) is 18.0 Å². The summed E-state index contributed by atoms with van der Waals surface area (Å²) in [6, 6.07) is 14.8. The summed E-state index contributed by atoms with van der Waals surface area (Å²) in [4.78, 5) is 32.0. The number of rotatable bonds is 11. The van der Waals surface area contributed by atoms with Gasteiger partial charge in [-0.15, -0.1) is 0 Å². The Bertz CT molecular complexity index is 1740. The van der Waals surface area contributed by atoms with E-state index in [2.05, 4.69) is 16.9 Å². The number of aromatic amines is 1. The van der Waals surface area contributed by atoms with Gasteiger partial charge in [0.25, 0.3) is 5.56 Å². The number of pyridine rings is 2. The molecule has 0 aliphatic heterocycles. The normalized spacial score (nSPS) is 11.3. The van der Waals surface area contributed by atoms with E-state index in [0.717, 1.165) is 35.6 Å². The molecule has 0 saturated carbocycles. The van der Waals surface area contributed by atoms with Gasteiger partial charge in [0.05, 0.1) is 22.9 Å². The number of aromatic nitrogens is 2. The second kappa shape index (κ2) is 12.7. The predicted molar refractivity (Wildman–Crippen MR) is 159 cm³/mol. The number of sulfone groups is 1. The highest BCUT2D eigenvalue weighted by molar-refractivity contribution is 7.92. The third-order valence-electron chi connectivity index (χ3n) is 6.40. The fraction of sp³-hybridized carbons (Fsp3) is 0.258. The summed E-state index contributed by atoms with van der Waals surface area (Å²) >= 11 is 6.69. The van der Waals surface area contributed by atoms with Crippen molar-refractivity contribution < 1.29 is 22.7 Å². The first-order valence-corrected chi connectivity index (χ1v) is 15.2. The Labute approximate surface area is 244 Å². The van der Waals surface area contributed by atoms with Crippen LogP contribution >= 0.6 is 11.6 Å². The Hall–Kier alpha value is -3.95. The monoisotopic (exact) mass is 594 g/mol. The number of ketones is 1. The lowest BCUT2D eigenvalue weighted by molar-refractivity contribution is 0.101. The van der Waals surface area contributed by atoms with Crippen molar-refractivity contribution in [1.29, 1.82) is 0 Å². The van der Waals surface area contributed by atoms with Crippen LogP contribution < -0.4 is 15.0 Å².